The molecule has 0 spiro atoms. The van der Waals surface area contributed by atoms with Gasteiger partial charge in [0.15, 0.2) is 0 Å². The molecule has 5 nitrogen and oxygen atoms in total. The Kier molecular flexibility index (Phi) is 9.80. The summed E-state index contributed by atoms with van der Waals surface area (Å²) in [7, 11) is 4.13. The van der Waals surface area contributed by atoms with Crippen LogP contribution in [-0.4, -0.2) is 73.2 Å². The van der Waals surface area contributed by atoms with Crippen molar-refractivity contribution >= 4 is 5.97 Å². The average molecular weight is 287 g/mol. The Hall–Kier alpha value is -0.650. The minimum Gasteiger partial charge on any atom is -0.480 e. The lowest BCUT2D eigenvalue weighted by molar-refractivity contribution is -0.144. The van der Waals surface area contributed by atoms with Gasteiger partial charge in [0, 0.05) is 19.6 Å². The van der Waals surface area contributed by atoms with Crippen molar-refractivity contribution < 1.29 is 9.90 Å². The third-order valence-electron chi connectivity index (χ3n) is 3.57. The van der Waals surface area contributed by atoms with Crippen molar-refractivity contribution in [2.24, 2.45) is 0 Å². The van der Waals surface area contributed by atoms with Crippen LogP contribution >= 0.6 is 0 Å². The van der Waals surface area contributed by atoms with Gasteiger partial charge >= 0.3 is 5.97 Å². The van der Waals surface area contributed by atoms with Crippen LogP contribution in [0, 0.1) is 0 Å². The molecule has 120 valence electrons. The number of aliphatic carboxylic acids is 1. The SMILES string of the molecule is CCCNC(C)(CCN(CCC)CCN(C)C)C(=O)O. The fourth-order valence-electron chi connectivity index (χ4n) is 2.05. The van der Waals surface area contributed by atoms with Gasteiger partial charge < -0.3 is 20.2 Å². The molecule has 0 aliphatic rings. The Bertz CT molecular complexity index is 272. The number of carbonyl (C=O) groups is 1. The molecule has 20 heavy (non-hydrogen) atoms. The first-order valence-electron chi connectivity index (χ1n) is 7.71. The highest BCUT2D eigenvalue weighted by atomic mass is 16.4. The van der Waals surface area contributed by atoms with Crippen LogP contribution in [0.1, 0.15) is 40.0 Å². The van der Waals surface area contributed by atoms with Gasteiger partial charge in [-0.2, -0.15) is 0 Å². The minimum atomic E-state index is -0.819. The van der Waals surface area contributed by atoms with Crippen LogP contribution in [0.4, 0.5) is 0 Å². The molecule has 0 saturated carbocycles. The van der Waals surface area contributed by atoms with Crippen LogP contribution in [0.2, 0.25) is 0 Å². The predicted octanol–water partition coefficient (Wildman–Crippen LogP) is 1.49. The van der Waals surface area contributed by atoms with Crippen LogP contribution in [-0.2, 0) is 4.79 Å². The summed E-state index contributed by atoms with van der Waals surface area (Å²) in [5.41, 5.74) is -0.819. The van der Waals surface area contributed by atoms with Gasteiger partial charge in [0.05, 0.1) is 0 Å². The van der Waals surface area contributed by atoms with E-state index in [4.69, 9.17) is 0 Å². The van der Waals surface area contributed by atoms with E-state index in [1.807, 2.05) is 0 Å². The summed E-state index contributed by atoms with van der Waals surface area (Å²) in [5.74, 6) is -0.755. The number of nitrogens with zero attached hydrogens (tertiary/aromatic N) is 2. The van der Waals surface area contributed by atoms with Gasteiger partial charge in [-0.05, 0) is 53.4 Å². The van der Waals surface area contributed by atoms with E-state index in [1.165, 1.54) is 0 Å². The average Bonchev–Trinajstić information content (AvgIpc) is 2.39. The molecule has 0 aliphatic heterocycles. The molecule has 0 aromatic carbocycles. The number of hydrogen-bond acceptors (Lipinski definition) is 4. The third-order valence-corrected chi connectivity index (χ3v) is 3.57. The fourth-order valence-corrected chi connectivity index (χ4v) is 2.05. The quantitative estimate of drug-likeness (QED) is 0.569. The first kappa shape index (κ1) is 19.4. The zero-order valence-corrected chi connectivity index (χ0v) is 13.9. The van der Waals surface area contributed by atoms with E-state index in [9.17, 15) is 9.90 Å². The van der Waals surface area contributed by atoms with Crippen molar-refractivity contribution in [2.45, 2.75) is 45.6 Å². The van der Waals surface area contributed by atoms with Crippen molar-refractivity contribution in [2.75, 3.05) is 46.8 Å². The highest BCUT2D eigenvalue weighted by molar-refractivity contribution is 5.78. The number of carboxylic acids is 1. The second-order valence-corrected chi connectivity index (χ2v) is 5.96. The Morgan fingerprint density at radius 2 is 1.75 bits per heavy atom. The summed E-state index contributed by atoms with van der Waals surface area (Å²) in [6.45, 7) is 10.6. The van der Waals surface area contributed by atoms with E-state index in [0.717, 1.165) is 45.6 Å². The maximum Gasteiger partial charge on any atom is 0.323 e. The van der Waals surface area contributed by atoms with Crippen LogP contribution in [0.15, 0.2) is 0 Å². The predicted molar refractivity (Wildman–Crippen MR) is 84.2 cm³/mol. The van der Waals surface area contributed by atoms with E-state index in [0.29, 0.717) is 6.42 Å². The molecule has 0 aromatic rings. The molecule has 0 saturated heterocycles. The second-order valence-electron chi connectivity index (χ2n) is 5.96. The maximum atomic E-state index is 11.5. The van der Waals surface area contributed by atoms with Crippen molar-refractivity contribution in [1.82, 2.24) is 15.1 Å². The Morgan fingerprint density at radius 3 is 2.20 bits per heavy atom. The van der Waals surface area contributed by atoms with Crippen molar-refractivity contribution in [1.29, 1.82) is 0 Å². The van der Waals surface area contributed by atoms with Gasteiger partial charge in [0.1, 0.15) is 5.54 Å². The topological polar surface area (TPSA) is 55.8 Å². The van der Waals surface area contributed by atoms with E-state index < -0.39 is 11.5 Å². The summed E-state index contributed by atoms with van der Waals surface area (Å²) < 4.78 is 0. The monoisotopic (exact) mass is 287 g/mol. The minimum absolute atomic E-state index is 0.635. The molecule has 1 unspecified atom stereocenters. The lowest BCUT2D eigenvalue weighted by Gasteiger charge is -2.30. The van der Waals surface area contributed by atoms with Crippen LogP contribution in [0.25, 0.3) is 0 Å². The van der Waals surface area contributed by atoms with Gasteiger partial charge in [-0.1, -0.05) is 13.8 Å². The number of nitrogens with one attached hydrogen (secondary N) is 1. The molecule has 0 amide bonds. The van der Waals surface area contributed by atoms with Gasteiger partial charge in [0.2, 0.25) is 0 Å². The summed E-state index contributed by atoms with van der Waals surface area (Å²) >= 11 is 0. The lowest BCUT2D eigenvalue weighted by atomic mass is 9.97. The molecule has 0 aromatic heterocycles. The number of rotatable bonds is 12. The summed E-state index contributed by atoms with van der Waals surface area (Å²) in [5, 5.41) is 12.6. The first-order chi connectivity index (χ1) is 9.35. The Balaban J connectivity index is 4.41. The number of hydrogen-bond donors (Lipinski definition) is 2. The van der Waals surface area contributed by atoms with E-state index >= 15 is 0 Å². The first-order valence-corrected chi connectivity index (χ1v) is 7.71. The van der Waals surface area contributed by atoms with E-state index in [1.54, 1.807) is 6.92 Å². The molecule has 0 rings (SSSR count). The smallest absolute Gasteiger partial charge is 0.323 e. The van der Waals surface area contributed by atoms with E-state index in [-0.39, 0.29) is 0 Å². The molecule has 2 N–H and O–H groups in total. The third kappa shape index (κ3) is 7.82. The van der Waals surface area contributed by atoms with Gasteiger partial charge in [-0.3, -0.25) is 4.79 Å². The highest BCUT2D eigenvalue weighted by Crippen LogP contribution is 2.12. The Morgan fingerprint density at radius 1 is 1.10 bits per heavy atom. The van der Waals surface area contributed by atoms with Crippen LogP contribution in [0.5, 0.6) is 0 Å². The second kappa shape index (κ2) is 10.1. The zero-order chi connectivity index (χ0) is 15.6. The lowest BCUT2D eigenvalue weighted by Crippen LogP contribution is -2.52. The van der Waals surface area contributed by atoms with Crippen molar-refractivity contribution in [3.05, 3.63) is 0 Å². The molecule has 0 bridgehead atoms. The van der Waals surface area contributed by atoms with Crippen molar-refractivity contribution in [3.63, 3.8) is 0 Å². The van der Waals surface area contributed by atoms with E-state index in [2.05, 4.69) is 43.1 Å². The molecule has 1 atom stereocenters. The highest BCUT2D eigenvalue weighted by Gasteiger charge is 2.32. The summed E-state index contributed by atoms with van der Waals surface area (Å²) in [6.07, 6.45) is 2.68. The van der Waals surface area contributed by atoms with Gasteiger partial charge in [0.25, 0.3) is 0 Å². The standard InChI is InChI=1S/C15H33N3O2/c1-6-9-16-15(3,14(19)20)8-11-18(10-7-2)13-12-17(4)5/h16H,6-13H2,1-5H3,(H,19,20). The Labute approximate surface area is 124 Å². The number of carboxylic acid groups (broad SMARTS) is 1. The molecule has 0 aliphatic carbocycles. The van der Waals surface area contributed by atoms with Crippen LogP contribution < -0.4 is 5.32 Å². The molecule has 0 fully saturated rings. The van der Waals surface area contributed by atoms with Gasteiger partial charge in [-0.15, -0.1) is 0 Å². The molecule has 0 heterocycles. The summed E-state index contributed by atoms with van der Waals surface area (Å²) in [6, 6.07) is 0. The zero-order valence-electron chi connectivity index (χ0n) is 13.9. The molecule has 0 radical (unpaired) electrons. The molecule has 5 heteroatoms. The van der Waals surface area contributed by atoms with Gasteiger partial charge in [-0.25, -0.2) is 0 Å². The normalized spacial score (nSPS) is 14.8. The maximum absolute atomic E-state index is 11.5. The van der Waals surface area contributed by atoms with Crippen molar-refractivity contribution in [3.8, 4) is 0 Å². The number of likely N-dealkylation sites (N-methyl/N-ethyl adjacent to an activating group) is 1. The van der Waals surface area contributed by atoms with Crippen LogP contribution in [0.3, 0.4) is 0 Å². The molecular formula is C15H33N3O2. The molecular weight excluding hydrogens is 254 g/mol. The summed E-state index contributed by atoms with van der Waals surface area (Å²) in [4.78, 5) is 16.0. The fraction of sp³-hybridized carbons (Fsp3) is 0.933. The largest absolute Gasteiger partial charge is 0.480 e.